The minimum atomic E-state index is -4.81. The van der Waals surface area contributed by atoms with Crippen LogP contribution >= 0.6 is 11.8 Å². The Balaban J connectivity index is 1.23. The van der Waals surface area contributed by atoms with Gasteiger partial charge in [-0.05, 0) is 47.4 Å². The number of hydrogen-bond donors (Lipinski definition) is 1. The number of urea groups is 1. The van der Waals surface area contributed by atoms with Crippen molar-refractivity contribution in [2.24, 2.45) is 4.99 Å². The maximum Gasteiger partial charge on any atom is 0.573 e. The summed E-state index contributed by atoms with van der Waals surface area (Å²) in [5.74, 6) is -0.322. The van der Waals surface area contributed by atoms with E-state index in [-0.39, 0.29) is 39.9 Å². The summed E-state index contributed by atoms with van der Waals surface area (Å²) >= 11 is 1.03. The van der Waals surface area contributed by atoms with Gasteiger partial charge in [-0.15, -0.1) is 18.3 Å². The number of halogens is 5. The molecule has 1 aliphatic rings. The van der Waals surface area contributed by atoms with Gasteiger partial charge in [0.2, 0.25) is 12.2 Å². The maximum atomic E-state index is 15.0. The highest BCUT2D eigenvalue weighted by Crippen LogP contribution is 2.33. The molecule has 2 atom stereocenters. The minimum absolute atomic E-state index is 0.0476. The van der Waals surface area contributed by atoms with Gasteiger partial charge < -0.3 is 10.1 Å². The molecule has 2 unspecified atom stereocenters. The van der Waals surface area contributed by atoms with Crippen molar-refractivity contribution in [2.75, 3.05) is 10.7 Å². The molecule has 5 rings (SSSR count). The van der Waals surface area contributed by atoms with Crippen molar-refractivity contribution >= 4 is 34.6 Å². The Kier molecular flexibility index (Phi) is 9.18. The van der Waals surface area contributed by atoms with E-state index in [0.717, 1.165) is 29.5 Å². The number of carbonyl (C=O) groups excluding carboxylic acids is 2. The van der Waals surface area contributed by atoms with Crippen LogP contribution in [0, 0.1) is 0 Å². The summed E-state index contributed by atoms with van der Waals surface area (Å²) in [6.07, 6.45) is -8.14. The molecule has 1 N–H and O–H groups in total. The Morgan fingerprint density at radius 3 is 2.38 bits per heavy atom. The van der Waals surface area contributed by atoms with Crippen LogP contribution in [0.4, 0.5) is 32.4 Å². The highest BCUT2D eigenvalue weighted by atomic mass is 32.2. The van der Waals surface area contributed by atoms with E-state index in [0.29, 0.717) is 16.9 Å². The number of aromatic nitrogens is 3. The molecule has 0 bridgehead atoms. The van der Waals surface area contributed by atoms with Gasteiger partial charge in [0.1, 0.15) is 12.1 Å². The molecule has 45 heavy (non-hydrogen) atoms. The maximum absolute atomic E-state index is 15.0. The Bertz CT molecular complexity index is 1710. The molecular weight excluding hydrogens is 619 g/mol. The van der Waals surface area contributed by atoms with E-state index in [2.05, 4.69) is 19.8 Å². The van der Waals surface area contributed by atoms with Crippen LogP contribution in [0.1, 0.15) is 37.1 Å². The fraction of sp³-hybridized carbons (Fsp3) is 0.233. The summed E-state index contributed by atoms with van der Waals surface area (Å²) in [5, 5.41) is 6.23. The van der Waals surface area contributed by atoms with Crippen LogP contribution < -0.4 is 15.0 Å². The molecule has 3 amide bonds. The number of benzene rings is 3. The summed E-state index contributed by atoms with van der Waals surface area (Å²) in [7, 11) is 0. The van der Waals surface area contributed by atoms with Crippen LogP contribution in [0.25, 0.3) is 17.1 Å². The second-order valence-electron chi connectivity index (χ2n) is 10.1. The topological polar surface area (TPSA) is 102 Å². The van der Waals surface area contributed by atoms with Gasteiger partial charge in [-0.2, -0.15) is 4.99 Å². The first-order chi connectivity index (χ1) is 21.4. The number of anilines is 1. The third-order valence-electron chi connectivity index (χ3n) is 6.59. The molecular formula is C30H25F5N6O3S. The van der Waals surface area contributed by atoms with Crippen molar-refractivity contribution in [3.63, 3.8) is 0 Å². The van der Waals surface area contributed by atoms with E-state index in [9.17, 15) is 27.2 Å². The third kappa shape index (κ3) is 7.48. The average Bonchev–Trinajstić information content (AvgIpc) is 3.63. The Labute approximate surface area is 258 Å². The van der Waals surface area contributed by atoms with Crippen molar-refractivity contribution < 1.29 is 36.3 Å². The molecule has 1 aromatic heterocycles. The number of aliphatic imine (C=N–C) groups is 1. The molecule has 4 aromatic rings. The van der Waals surface area contributed by atoms with Crippen molar-refractivity contribution in [3.8, 4) is 22.8 Å². The van der Waals surface area contributed by atoms with Crippen LogP contribution in [-0.2, 0) is 4.79 Å². The lowest BCUT2D eigenvalue weighted by atomic mass is 10.0. The number of nitrogens with one attached hydrogen (secondary N) is 1. The Morgan fingerprint density at radius 1 is 1.02 bits per heavy atom. The van der Waals surface area contributed by atoms with E-state index in [1.54, 1.807) is 12.1 Å². The van der Waals surface area contributed by atoms with Gasteiger partial charge in [-0.1, -0.05) is 68.1 Å². The lowest BCUT2D eigenvalue weighted by Gasteiger charge is -2.21. The van der Waals surface area contributed by atoms with Crippen LogP contribution in [0.2, 0.25) is 0 Å². The number of para-hydroxylation sites is 1. The summed E-state index contributed by atoms with van der Waals surface area (Å²) in [6.45, 7) is 3.92. The zero-order valence-electron chi connectivity index (χ0n) is 23.7. The van der Waals surface area contributed by atoms with Crippen LogP contribution in [0.15, 0.2) is 84.1 Å². The van der Waals surface area contributed by atoms with Gasteiger partial charge in [0.25, 0.3) is 0 Å². The van der Waals surface area contributed by atoms with Crippen LogP contribution in [-0.4, -0.2) is 50.3 Å². The molecule has 1 saturated heterocycles. The lowest BCUT2D eigenvalue weighted by Crippen LogP contribution is -2.35. The van der Waals surface area contributed by atoms with Gasteiger partial charge in [0, 0.05) is 5.56 Å². The zero-order valence-corrected chi connectivity index (χ0v) is 24.5. The van der Waals surface area contributed by atoms with E-state index in [1.165, 1.54) is 52.3 Å². The zero-order chi connectivity index (χ0) is 32.3. The quantitative estimate of drug-likeness (QED) is 0.162. The predicted molar refractivity (Wildman–Crippen MR) is 159 cm³/mol. The Hall–Kier alpha value is -4.79. The highest BCUT2D eigenvalue weighted by molar-refractivity contribution is 8.15. The molecule has 2 heterocycles. The molecule has 0 saturated carbocycles. The number of nitrogens with zero attached hydrogens (tertiary/aromatic N) is 5. The van der Waals surface area contributed by atoms with Crippen LogP contribution in [0.5, 0.6) is 5.75 Å². The number of carbonyl (C=O) groups is 2. The molecule has 0 spiro atoms. The third-order valence-corrected chi connectivity index (χ3v) is 7.52. The molecule has 1 aliphatic heterocycles. The molecule has 1 fully saturated rings. The highest BCUT2D eigenvalue weighted by Gasteiger charge is 2.33. The van der Waals surface area contributed by atoms with Gasteiger partial charge in [0.05, 0.1) is 17.1 Å². The van der Waals surface area contributed by atoms with E-state index < -0.39 is 24.9 Å². The number of rotatable bonds is 8. The van der Waals surface area contributed by atoms with Crippen molar-refractivity contribution in [1.82, 2.24) is 20.1 Å². The SMILES string of the molecule is CC(C)c1ccccc1N1C(=O)CS/C1=N\C(=O)NC(F)C(F)c1ccc(-c2ncn(-c3ccc(OC(F)(F)F)cc3)n2)cc1. The van der Waals surface area contributed by atoms with E-state index in [4.69, 9.17) is 0 Å². The summed E-state index contributed by atoms with van der Waals surface area (Å²) < 4.78 is 72.2. The predicted octanol–water partition coefficient (Wildman–Crippen LogP) is 7.11. The number of amidine groups is 1. The summed E-state index contributed by atoms with van der Waals surface area (Å²) in [5.41, 5.74) is 2.24. The smallest absolute Gasteiger partial charge is 0.406 e. The molecule has 234 valence electrons. The van der Waals surface area contributed by atoms with Gasteiger partial charge in [-0.3, -0.25) is 9.69 Å². The fourth-order valence-corrected chi connectivity index (χ4v) is 5.34. The molecule has 0 aliphatic carbocycles. The number of alkyl halides is 5. The molecule has 0 radical (unpaired) electrons. The monoisotopic (exact) mass is 644 g/mol. The van der Waals surface area contributed by atoms with E-state index in [1.807, 2.05) is 31.3 Å². The molecule has 9 nitrogen and oxygen atoms in total. The number of amides is 3. The number of ether oxygens (including phenoxy) is 1. The van der Waals surface area contributed by atoms with Crippen molar-refractivity contribution in [1.29, 1.82) is 0 Å². The second-order valence-corrected chi connectivity index (χ2v) is 11.0. The number of thioether (sulfide) groups is 1. The second kappa shape index (κ2) is 13.1. The first kappa shape index (κ1) is 31.6. The van der Waals surface area contributed by atoms with Gasteiger partial charge >= 0.3 is 12.4 Å². The standard InChI is InChI=1S/C30H25F5N6O3S/c1-17(2)22-5-3-4-6-23(22)41-24(42)15-45-29(41)38-28(43)37-26(32)25(31)18-7-9-19(10-8-18)27-36-16-40(39-27)20-11-13-21(14-12-20)44-30(33,34)35/h3-14,16-17,25-26H,15H2,1-2H3,(H,37,43)/b38-29-. The van der Waals surface area contributed by atoms with E-state index >= 15 is 4.39 Å². The minimum Gasteiger partial charge on any atom is -0.406 e. The van der Waals surface area contributed by atoms with Crippen molar-refractivity contribution in [2.45, 2.75) is 38.6 Å². The van der Waals surface area contributed by atoms with Crippen LogP contribution in [0.3, 0.4) is 0 Å². The van der Waals surface area contributed by atoms with Gasteiger partial charge in [0.15, 0.2) is 17.2 Å². The largest absolute Gasteiger partial charge is 0.573 e. The first-order valence-corrected chi connectivity index (χ1v) is 14.5. The first-order valence-electron chi connectivity index (χ1n) is 13.5. The normalized spacial score (nSPS) is 15.9. The Morgan fingerprint density at radius 2 is 1.71 bits per heavy atom. The molecule has 15 heteroatoms. The summed E-state index contributed by atoms with van der Waals surface area (Å²) in [6, 6.07) is 16.6. The van der Waals surface area contributed by atoms with Crippen molar-refractivity contribution in [3.05, 3.63) is 90.3 Å². The van der Waals surface area contributed by atoms with Gasteiger partial charge in [-0.25, -0.2) is 23.2 Å². The number of hydrogen-bond acceptors (Lipinski definition) is 6. The lowest BCUT2D eigenvalue weighted by molar-refractivity contribution is -0.274. The summed E-state index contributed by atoms with van der Waals surface area (Å²) in [4.78, 5) is 34.5. The fourth-order valence-electron chi connectivity index (χ4n) is 4.48. The average molecular weight is 645 g/mol. The molecule has 3 aromatic carbocycles.